The van der Waals surface area contributed by atoms with Crippen molar-refractivity contribution in [2.75, 3.05) is 33.2 Å². The Balaban J connectivity index is 0.00000242. The maximum Gasteiger partial charge on any atom is 0.236 e. The molecule has 1 amide bonds. The normalized spacial score (nSPS) is 18.6. The lowest BCUT2D eigenvalue weighted by Gasteiger charge is -2.32. The molecule has 0 spiro atoms. The second-order valence-corrected chi connectivity index (χ2v) is 5.82. The van der Waals surface area contributed by atoms with Crippen LogP contribution in [0.3, 0.4) is 0 Å². The fourth-order valence-electron chi connectivity index (χ4n) is 2.77. The lowest BCUT2D eigenvalue weighted by atomic mass is 9.98. The summed E-state index contributed by atoms with van der Waals surface area (Å²) in [5.74, 6) is 0.248. The number of carbonyl (C=O) groups is 1. The molecule has 2 N–H and O–H groups in total. The molecular weight excluding hydrogens is 305 g/mol. The van der Waals surface area contributed by atoms with Crippen molar-refractivity contribution in [1.82, 2.24) is 9.80 Å². The lowest BCUT2D eigenvalue weighted by Crippen LogP contribution is -2.44. The second kappa shape index (κ2) is 9.08. The van der Waals surface area contributed by atoms with Gasteiger partial charge in [-0.2, -0.15) is 0 Å². The van der Waals surface area contributed by atoms with Crippen molar-refractivity contribution in [3.8, 4) is 0 Å². The van der Waals surface area contributed by atoms with Gasteiger partial charge in [0.1, 0.15) is 5.82 Å². The van der Waals surface area contributed by atoms with Crippen LogP contribution in [0.25, 0.3) is 0 Å². The van der Waals surface area contributed by atoms with Crippen molar-refractivity contribution in [2.24, 2.45) is 11.7 Å². The molecule has 124 valence electrons. The third-order valence-corrected chi connectivity index (χ3v) is 4.09. The fourth-order valence-corrected chi connectivity index (χ4v) is 2.77. The zero-order chi connectivity index (χ0) is 15.2. The summed E-state index contributed by atoms with van der Waals surface area (Å²) in [6, 6.07) is 6.57. The van der Waals surface area contributed by atoms with Crippen molar-refractivity contribution < 1.29 is 9.18 Å². The monoisotopic (exact) mass is 329 g/mol. The molecule has 0 bridgehead atoms. The van der Waals surface area contributed by atoms with Crippen molar-refractivity contribution >= 4 is 18.3 Å². The van der Waals surface area contributed by atoms with Gasteiger partial charge in [0.15, 0.2) is 0 Å². The summed E-state index contributed by atoms with van der Waals surface area (Å²) in [5, 5.41) is 0. The smallest absolute Gasteiger partial charge is 0.236 e. The predicted molar refractivity (Wildman–Crippen MR) is 88.3 cm³/mol. The maximum absolute atomic E-state index is 13.6. The van der Waals surface area contributed by atoms with Crippen LogP contribution in [0.2, 0.25) is 0 Å². The van der Waals surface area contributed by atoms with Gasteiger partial charge in [-0.05, 0) is 37.9 Å². The molecule has 1 aliphatic rings. The van der Waals surface area contributed by atoms with Gasteiger partial charge in [-0.1, -0.05) is 18.2 Å². The minimum absolute atomic E-state index is 0. The van der Waals surface area contributed by atoms with E-state index in [1.54, 1.807) is 30.1 Å². The Morgan fingerprint density at radius 2 is 2.18 bits per heavy atom. The summed E-state index contributed by atoms with van der Waals surface area (Å²) in [4.78, 5) is 16.0. The van der Waals surface area contributed by atoms with Crippen molar-refractivity contribution in [3.05, 3.63) is 35.6 Å². The van der Waals surface area contributed by atoms with Gasteiger partial charge >= 0.3 is 0 Å². The van der Waals surface area contributed by atoms with E-state index in [0.29, 0.717) is 31.1 Å². The van der Waals surface area contributed by atoms with E-state index in [-0.39, 0.29) is 24.1 Å². The summed E-state index contributed by atoms with van der Waals surface area (Å²) in [6.07, 6.45) is 2.23. The van der Waals surface area contributed by atoms with Gasteiger partial charge in [-0.15, -0.1) is 12.4 Å². The van der Waals surface area contributed by atoms with E-state index in [9.17, 15) is 9.18 Å². The highest BCUT2D eigenvalue weighted by molar-refractivity contribution is 5.85. The summed E-state index contributed by atoms with van der Waals surface area (Å²) in [5.41, 5.74) is 6.26. The Hall–Kier alpha value is -1.17. The van der Waals surface area contributed by atoms with Gasteiger partial charge < -0.3 is 10.6 Å². The topological polar surface area (TPSA) is 49.6 Å². The molecule has 22 heavy (non-hydrogen) atoms. The fraction of sp³-hybridized carbons (Fsp3) is 0.562. The van der Waals surface area contributed by atoms with Gasteiger partial charge in [-0.3, -0.25) is 9.69 Å². The number of benzene rings is 1. The number of likely N-dealkylation sites (N-methyl/N-ethyl adjacent to an activating group) is 1. The van der Waals surface area contributed by atoms with Crippen molar-refractivity contribution in [3.63, 3.8) is 0 Å². The van der Waals surface area contributed by atoms with Crippen LogP contribution in [-0.2, 0) is 11.3 Å². The number of rotatable bonds is 5. The molecule has 0 saturated carbocycles. The van der Waals surface area contributed by atoms with Gasteiger partial charge in [-0.25, -0.2) is 4.39 Å². The van der Waals surface area contributed by atoms with Crippen LogP contribution in [-0.4, -0.2) is 48.9 Å². The van der Waals surface area contributed by atoms with Crippen LogP contribution >= 0.6 is 12.4 Å². The first-order chi connectivity index (χ1) is 10.1. The first-order valence-electron chi connectivity index (χ1n) is 7.50. The lowest BCUT2D eigenvalue weighted by molar-refractivity contribution is -0.132. The average Bonchev–Trinajstić information content (AvgIpc) is 2.49. The van der Waals surface area contributed by atoms with E-state index in [0.717, 1.165) is 25.9 Å². The van der Waals surface area contributed by atoms with Crippen LogP contribution in [0.4, 0.5) is 4.39 Å². The third kappa shape index (κ3) is 5.23. The number of piperidine rings is 1. The van der Waals surface area contributed by atoms with E-state index < -0.39 is 0 Å². The number of amides is 1. The molecule has 1 atom stereocenters. The summed E-state index contributed by atoms with van der Waals surface area (Å²) in [7, 11) is 1.72. The summed E-state index contributed by atoms with van der Waals surface area (Å²) >= 11 is 0. The standard InChI is InChI=1S/C16H24FN3O.ClH/c1-19(11-14-6-2-3-7-15(14)17)16(21)12-20-8-4-5-13(9-18)10-20;/h2-3,6-7,13H,4-5,8-12,18H2,1H3;1H. The van der Waals surface area contributed by atoms with Gasteiger partial charge in [0.25, 0.3) is 0 Å². The number of hydrogen-bond donors (Lipinski definition) is 1. The summed E-state index contributed by atoms with van der Waals surface area (Å²) < 4.78 is 13.6. The van der Waals surface area contributed by atoms with E-state index >= 15 is 0 Å². The Kier molecular flexibility index (Phi) is 7.79. The number of hydrogen-bond acceptors (Lipinski definition) is 3. The van der Waals surface area contributed by atoms with E-state index in [2.05, 4.69) is 4.90 Å². The Bertz CT molecular complexity index is 486. The molecule has 1 aromatic rings. The Labute approximate surface area is 137 Å². The van der Waals surface area contributed by atoms with Crippen molar-refractivity contribution in [1.29, 1.82) is 0 Å². The zero-order valence-corrected chi connectivity index (χ0v) is 13.8. The first-order valence-corrected chi connectivity index (χ1v) is 7.50. The average molecular weight is 330 g/mol. The minimum atomic E-state index is -0.265. The number of halogens is 2. The molecule has 0 radical (unpaired) electrons. The molecule has 2 rings (SSSR count). The predicted octanol–water partition coefficient (Wildman–Crippen LogP) is 1.88. The molecule has 1 unspecified atom stereocenters. The molecule has 4 nitrogen and oxygen atoms in total. The second-order valence-electron chi connectivity index (χ2n) is 5.82. The first kappa shape index (κ1) is 18.9. The Morgan fingerprint density at radius 3 is 2.86 bits per heavy atom. The van der Waals surface area contributed by atoms with Gasteiger partial charge in [0.2, 0.25) is 5.91 Å². The zero-order valence-electron chi connectivity index (χ0n) is 13.0. The minimum Gasteiger partial charge on any atom is -0.340 e. The molecule has 1 saturated heterocycles. The number of carbonyl (C=O) groups excluding carboxylic acids is 1. The van der Waals surface area contributed by atoms with Crippen LogP contribution in [0, 0.1) is 11.7 Å². The molecular formula is C16H25ClFN3O. The number of nitrogens with zero attached hydrogens (tertiary/aromatic N) is 2. The highest BCUT2D eigenvalue weighted by Crippen LogP contribution is 2.15. The molecule has 1 fully saturated rings. The summed E-state index contributed by atoms with van der Waals surface area (Å²) in [6.45, 7) is 3.20. The van der Waals surface area contributed by atoms with Crippen LogP contribution in [0.1, 0.15) is 18.4 Å². The molecule has 0 aromatic heterocycles. The van der Waals surface area contributed by atoms with Crippen LogP contribution in [0.5, 0.6) is 0 Å². The third-order valence-electron chi connectivity index (χ3n) is 4.09. The highest BCUT2D eigenvalue weighted by Gasteiger charge is 2.22. The largest absolute Gasteiger partial charge is 0.340 e. The Morgan fingerprint density at radius 1 is 1.45 bits per heavy atom. The van der Waals surface area contributed by atoms with E-state index in [1.165, 1.54) is 6.07 Å². The van der Waals surface area contributed by atoms with E-state index in [1.807, 2.05) is 0 Å². The van der Waals surface area contributed by atoms with Gasteiger partial charge in [0.05, 0.1) is 6.54 Å². The van der Waals surface area contributed by atoms with Crippen molar-refractivity contribution in [2.45, 2.75) is 19.4 Å². The SMILES string of the molecule is CN(Cc1ccccc1F)C(=O)CN1CCCC(CN)C1.Cl. The molecule has 6 heteroatoms. The number of nitrogens with two attached hydrogens (primary N) is 1. The molecule has 1 aliphatic heterocycles. The quantitative estimate of drug-likeness (QED) is 0.897. The molecule has 0 aliphatic carbocycles. The van der Waals surface area contributed by atoms with Crippen LogP contribution < -0.4 is 5.73 Å². The molecule has 1 heterocycles. The maximum atomic E-state index is 13.6. The van der Waals surface area contributed by atoms with E-state index in [4.69, 9.17) is 5.73 Å². The molecule has 1 aromatic carbocycles. The highest BCUT2D eigenvalue weighted by atomic mass is 35.5. The van der Waals surface area contributed by atoms with Crippen LogP contribution in [0.15, 0.2) is 24.3 Å². The van der Waals surface area contributed by atoms with Gasteiger partial charge in [0, 0.05) is 25.7 Å². The number of likely N-dealkylation sites (tertiary alicyclic amines) is 1.